The topological polar surface area (TPSA) is 31.2 Å². The largest absolute Gasteiger partial charge is 0.496 e. The lowest BCUT2D eigenvalue weighted by molar-refractivity contribution is 0.416. The molecule has 0 atom stereocenters. The van der Waals surface area contributed by atoms with Gasteiger partial charge in [0.1, 0.15) is 5.75 Å². The van der Waals surface area contributed by atoms with Crippen LogP contribution in [-0.2, 0) is 7.05 Å². The molecule has 0 aliphatic heterocycles. The summed E-state index contributed by atoms with van der Waals surface area (Å²) in [7, 11) is 3.62. The highest BCUT2D eigenvalue weighted by Crippen LogP contribution is 2.30. The van der Waals surface area contributed by atoms with Crippen molar-refractivity contribution in [2.45, 2.75) is 6.92 Å². The van der Waals surface area contributed by atoms with Crippen LogP contribution in [0, 0.1) is 6.92 Å². The smallest absolute Gasteiger partial charge is 0.190 e. The molecule has 0 bridgehead atoms. The van der Waals surface area contributed by atoms with Crippen molar-refractivity contribution >= 4 is 10.9 Å². The van der Waals surface area contributed by atoms with Crippen LogP contribution < -0.4 is 10.2 Å². The zero-order chi connectivity index (χ0) is 15.0. The molecule has 1 aromatic heterocycles. The number of hydrogen-bond acceptors (Lipinski definition) is 2. The standard InChI is InChI=1S/C18H17NO2/c1-12-8-9-13-15(10-12)19(2)16(11-17(13)20)14-6-4-5-7-18(14)21-3/h4-11H,1-3H3. The van der Waals surface area contributed by atoms with E-state index in [0.717, 1.165) is 33.5 Å². The van der Waals surface area contributed by atoms with Crippen molar-refractivity contribution in [2.24, 2.45) is 7.05 Å². The number of aromatic nitrogens is 1. The number of rotatable bonds is 2. The third-order valence-corrected chi connectivity index (χ3v) is 3.79. The van der Waals surface area contributed by atoms with Crippen LogP contribution in [0.1, 0.15) is 5.56 Å². The molecule has 0 unspecified atom stereocenters. The number of para-hydroxylation sites is 1. The number of nitrogens with zero attached hydrogens (tertiary/aromatic N) is 1. The number of methoxy groups -OCH3 is 1. The number of hydrogen-bond donors (Lipinski definition) is 0. The average molecular weight is 279 g/mol. The first-order valence-corrected chi connectivity index (χ1v) is 6.85. The van der Waals surface area contributed by atoms with Gasteiger partial charge in [-0.1, -0.05) is 18.2 Å². The van der Waals surface area contributed by atoms with E-state index >= 15 is 0 Å². The number of benzene rings is 2. The number of fused-ring (bicyclic) bond motifs is 1. The van der Waals surface area contributed by atoms with E-state index in [1.165, 1.54) is 0 Å². The van der Waals surface area contributed by atoms with Gasteiger partial charge in [0.25, 0.3) is 0 Å². The lowest BCUT2D eigenvalue weighted by Crippen LogP contribution is -2.09. The highest BCUT2D eigenvalue weighted by Gasteiger charge is 2.11. The van der Waals surface area contributed by atoms with Crippen LogP contribution in [0.4, 0.5) is 0 Å². The molecule has 106 valence electrons. The predicted octanol–water partition coefficient (Wildman–Crippen LogP) is 3.52. The van der Waals surface area contributed by atoms with Crippen LogP contribution in [0.25, 0.3) is 22.2 Å². The van der Waals surface area contributed by atoms with Crippen molar-refractivity contribution in [3.05, 3.63) is 64.3 Å². The summed E-state index contributed by atoms with van der Waals surface area (Å²) in [5, 5.41) is 0.738. The Morgan fingerprint density at radius 3 is 2.57 bits per heavy atom. The fourth-order valence-corrected chi connectivity index (χ4v) is 2.67. The Hall–Kier alpha value is -2.55. The van der Waals surface area contributed by atoms with Crippen molar-refractivity contribution in [3.63, 3.8) is 0 Å². The number of ether oxygens (including phenoxy) is 1. The Bertz CT molecular complexity index is 878. The molecule has 1 heterocycles. The van der Waals surface area contributed by atoms with E-state index in [2.05, 4.69) is 0 Å². The third kappa shape index (κ3) is 2.21. The Labute approximate surface area is 123 Å². The second-order valence-electron chi connectivity index (χ2n) is 5.17. The Balaban J connectivity index is 2.39. The van der Waals surface area contributed by atoms with E-state index in [0.29, 0.717) is 0 Å². The summed E-state index contributed by atoms with van der Waals surface area (Å²) >= 11 is 0. The molecular weight excluding hydrogens is 262 g/mol. The van der Waals surface area contributed by atoms with Gasteiger partial charge in [-0.3, -0.25) is 4.79 Å². The molecule has 3 aromatic rings. The molecule has 2 aromatic carbocycles. The zero-order valence-electron chi connectivity index (χ0n) is 12.4. The van der Waals surface area contributed by atoms with Gasteiger partial charge in [-0.2, -0.15) is 0 Å². The van der Waals surface area contributed by atoms with Crippen molar-refractivity contribution in [3.8, 4) is 17.0 Å². The summed E-state index contributed by atoms with van der Waals surface area (Å²) in [6, 6.07) is 15.3. The highest BCUT2D eigenvalue weighted by molar-refractivity contribution is 5.84. The lowest BCUT2D eigenvalue weighted by atomic mass is 10.1. The third-order valence-electron chi connectivity index (χ3n) is 3.79. The van der Waals surface area contributed by atoms with Gasteiger partial charge in [0.2, 0.25) is 0 Å². The molecular formula is C18H17NO2. The van der Waals surface area contributed by atoms with Crippen molar-refractivity contribution < 1.29 is 4.74 Å². The van der Waals surface area contributed by atoms with E-state index in [1.807, 2.05) is 61.0 Å². The molecule has 3 nitrogen and oxygen atoms in total. The number of pyridine rings is 1. The van der Waals surface area contributed by atoms with Crippen molar-refractivity contribution in [2.75, 3.05) is 7.11 Å². The second kappa shape index (κ2) is 5.09. The van der Waals surface area contributed by atoms with Gasteiger partial charge < -0.3 is 9.30 Å². The quantitative estimate of drug-likeness (QED) is 0.718. The minimum absolute atomic E-state index is 0.0315. The summed E-state index contributed by atoms with van der Waals surface area (Å²) in [5.41, 5.74) is 3.88. The van der Waals surface area contributed by atoms with Crippen LogP contribution in [0.2, 0.25) is 0 Å². The maximum atomic E-state index is 12.4. The van der Waals surface area contributed by atoms with E-state index < -0.39 is 0 Å². The predicted molar refractivity (Wildman–Crippen MR) is 85.9 cm³/mol. The van der Waals surface area contributed by atoms with Crippen LogP contribution in [0.5, 0.6) is 5.75 Å². The Morgan fingerprint density at radius 1 is 1.05 bits per heavy atom. The molecule has 0 aliphatic carbocycles. The minimum Gasteiger partial charge on any atom is -0.496 e. The van der Waals surface area contributed by atoms with Gasteiger partial charge in [0.15, 0.2) is 5.43 Å². The molecule has 0 saturated carbocycles. The summed E-state index contributed by atoms with van der Waals surface area (Å²) in [4.78, 5) is 12.4. The summed E-state index contributed by atoms with van der Waals surface area (Å²) < 4.78 is 7.46. The van der Waals surface area contributed by atoms with E-state index in [-0.39, 0.29) is 5.43 Å². The molecule has 0 saturated heterocycles. The fourth-order valence-electron chi connectivity index (χ4n) is 2.67. The first kappa shape index (κ1) is 13.4. The molecule has 0 fully saturated rings. The monoisotopic (exact) mass is 279 g/mol. The average Bonchev–Trinajstić information content (AvgIpc) is 2.50. The van der Waals surface area contributed by atoms with Crippen LogP contribution in [0.3, 0.4) is 0 Å². The number of aryl methyl sites for hydroxylation is 2. The minimum atomic E-state index is 0.0315. The van der Waals surface area contributed by atoms with Crippen LogP contribution in [-0.4, -0.2) is 11.7 Å². The molecule has 0 N–H and O–H groups in total. The normalized spacial score (nSPS) is 10.8. The van der Waals surface area contributed by atoms with Crippen LogP contribution >= 0.6 is 0 Å². The molecule has 0 aliphatic rings. The van der Waals surface area contributed by atoms with Crippen molar-refractivity contribution in [1.82, 2.24) is 4.57 Å². The van der Waals surface area contributed by atoms with Gasteiger partial charge in [0, 0.05) is 24.1 Å². The SMILES string of the molecule is COc1ccccc1-c1cc(=O)c2ccc(C)cc2n1C. The highest BCUT2D eigenvalue weighted by atomic mass is 16.5. The summed E-state index contributed by atoms with van der Waals surface area (Å²) in [5.74, 6) is 0.763. The molecule has 21 heavy (non-hydrogen) atoms. The maximum Gasteiger partial charge on any atom is 0.190 e. The van der Waals surface area contributed by atoms with Gasteiger partial charge in [0.05, 0.1) is 18.3 Å². The molecule has 0 spiro atoms. The van der Waals surface area contributed by atoms with Gasteiger partial charge in [-0.25, -0.2) is 0 Å². The van der Waals surface area contributed by atoms with E-state index in [4.69, 9.17) is 4.74 Å². The first-order chi connectivity index (χ1) is 10.1. The van der Waals surface area contributed by atoms with Gasteiger partial charge >= 0.3 is 0 Å². The van der Waals surface area contributed by atoms with E-state index in [1.54, 1.807) is 13.2 Å². The summed E-state index contributed by atoms with van der Waals surface area (Å²) in [6.45, 7) is 2.03. The van der Waals surface area contributed by atoms with Crippen LogP contribution in [0.15, 0.2) is 53.3 Å². The van der Waals surface area contributed by atoms with E-state index in [9.17, 15) is 4.79 Å². The maximum absolute atomic E-state index is 12.4. The fraction of sp³-hybridized carbons (Fsp3) is 0.167. The zero-order valence-corrected chi connectivity index (χ0v) is 12.4. The summed E-state index contributed by atoms with van der Waals surface area (Å²) in [6.07, 6.45) is 0. The first-order valence-electron chi connectivity index (χ1n) is 6.85. The lowest BCUT2D eigenvalue weighted by Gasteiger charge is -2.15. The molecule has 0 radical (unpaired) electrons. The Kier molecular flexibility index (Phi) is 3.26. The van der Waals surface area contributed by atoms with Crippen molar-refractivity contribution in [1.29, 1.82) is 0 Å². The Morgan fingerprint density at radius 2 is 1.81 bits per heavy atom. The van der Waals surface area contributed by atoms with Gasteiger partial charge in [-0.15, -0.1) is 0 Å². The van der Waals surface area contributed by atoms with Gasteiger partial charge in [-0.05, 0) is 36.8 Å². The molecule has 3 heteroatoms. The molecule has 3 rings (SSSR count). The second-order valence-corrected chi connectivity index (χ2v) is 5.17. The molecule has 0 amide bonds.